The molecular weight excluding hydrogens is 458 g/mol. The molecule has 1 saturated heterocycles. The van der Waals surface area contributed by atoms with E-state index in [0.29, 0.717) is 30.1 Å². The number of anilines is 1. The number of hydrogen-bond acceptors (Lipinski definition) is 6. The van der Waals surface area contributed by atoms with Gasteiger partial charge in [0.05, 0.1) is 17.1 Å². The van der Waals surface area contributed by atoms with Crippen molar-refractivity contribution in [2.24, 2.45) is 0 Å². The highest BCUT2D eigenvalue weighted by Gasteiger charge is 2.30. The standard InChI is InChI=1S/C27H35N5O4/c1-16-11-21(33)14-22-23(16)32(20-9-7-8-10-31(15-20)26(35)36-27(4,5)6)25(29-22)30-24(34)19-12-17(2)28-18(3)13-19/h11-14,20,33H,7-10,15H2,1-6H3,(H,29,30,34). The first-order valence-corrected chi connectivity index (χ1v) is 12.4. The fourth-order valence-corrected chi connectivity index (χ4v) is 4.82. The highest BCUT2D eigenvalue weighted by Crippen LogP contribution is 2.34. The molecule has 3 heterocycles. The van der Waals surface area contributed by atoms with Crippen molar-refractivity contribution in [3.63, 3.8) is 0 Å². The predicted octanol–water partition coefficient (Wildman–Crippen LogP) is 5.28. The van der Waals surface area contributed by atoms with Gasteiger partial charge in [-0.25, -0.2) is 9.78 Å². The van der Waals surface area contributed by atoms with Crippen LogP contribution in [0.3, 0.4) is 0 Å². The Bertz CT molecular complexity index is 1290. The zero-order chi connectivity index (χ0) is 26.2. The van der Waals surface area contributed by atoms with Crippen molar-refractivity contribution >= 4 is 29.0 Å². The zero-order valence-corrected chi connectivity index (χ0v) is 21.9. The molecule has 1 atom stereocenters. The summed E-state index contributed by atoms with van der Waals surface area (Å²) in [5, 5.41) is 13.2. The van der Waals surface area contributed by atoms with Crippen LogP contribution in [0.15, 0.2) is 24.3 Å². The van der Waals surface area contributed by atoms with Crippen LogP contribution in [-0.4, -0.2) is 55.2 Å². The lowest BCUT2D eigenvalue weighted by Crippen LogP contribution is -2.39. The Morgan fingerprint density at radius 3 is 2.42 bits per heavy atom. The molecule has 0 bridgehead atoms. The largest absolute Gasteiger partial charge is 0.508 e. The van der Waals surface area contributed by atoms with E-state index in [1.807, 2.05) is 46.1 Å². The SMILES string of the molecule is Cc1cc(C(=O)Nc2nc3cc(O)cc(C)c3n2C2CCCCN(C(=O)OC(C)(C)C)C2)cc(C)n1. The molecule has 1 aliphatic rings. The minimum absolute atomic E-state index is 0.110. The van der Waals surface area contributed by atoms with Crippen LogP contribution >= 0.6 is 0 Å². The number of hydrogen-bond donors (Lipinski definition) is 2. The molecule has 1 fully saturated rings. The first kappa shape index (κ1) is 25.5. The number of amides is 2. The molecule has 36 heavy (non-hydrogen) atoms. The Balaban J connectivity index is 1.75. The van der Waals surface area contributed by atoms with Crippen molar-refractivity contribution in [3.05, 3.63) is 46.8 Å². The third-order valence-corrected chi connectivity index (χ3v) is 6.19. The number of nitrogens with one attached hydrogen (secondary N) is 1. The number of nitrogens with zero attached hydrogens (tertiary/aromatic N) is 4. The fraction of sp³-hybridized carbons (Fsp3) is 0.481. The molecule has 2 aromatic heterocycles. The highest BCUT2D eigenvalue weighted by atomic mass is 16.6. The Morgan fingerprint density at radius 2 is 1.75 bits per heavy atom. The van der Waals surface area contributed by atoms with Gasteiger partial charge in [-0.2, -0.15) is 0 Å². The van der Waals surface area contributed by atoms with Gasteiger partial charge in [0.2, 0.25) is 5.95 Å². The molecule has 2 N–H and O–H groups in total. The van der Waals surface area contributed by atoms with Gasteiger partial charge in [-0.3, -0.25) is 15.1 Å². The number of aryl methyl sites for hydroxylation is 3. The van der Waals surface area contributed by atoms with Gasteiger partial charge in [-0.1, -0.05) is 0 Å². The van der Waals surface area contributed by atoms with Gasteiger partial charge in [-0.15, -0.1) is 0 Å². The summed E-state index contributed by atoms with van der Waals surface area (Å²) in [6, 6.07) is 6.62. The highest BCUT2D eigenvalue weighted by molar-refractivity contribution is 6.04. The van der Waals surface area contributed by atoms with Crippen molar-refractivity contribution in [1.29, 1.82) is 0 Å². The molecule has 192 valence electrons. The van der Waals surface area contributed by atoms with E-state index in [1.165, 1.54) is 0 Å². The Kier molecular flexibility index (Phi) is 6.93. The molecule has 1 aliphatic heterocycles. The summed E-state index contributed by atoms with van der Waals surface area (Å²) in [6.45, 7) is 12.2. The first-order chi connectivity index (χ1) is 16.9. The topological polar surface area (TPSA) is 110 Å². The van der Waals surface area contributed by atoms with Crippen LogP contribution in [0.5, 0.6) is 5.75 Å². The number of aromatic nitrogens is 3. The molecule has 1 unspecified atom stereocenters. The van der Waals surface area contributed by atoms with Gasteiger partial charge in [0.1, 0.15) is 11.4 Å². The van der Waals surface area contributed by atoms with Gasteiger partial charge in [0.25, 0.3) is 5.91 Å². The number of fused-ring (bicyclic) bond motifs is 1. The fourth-order valence-electron chi connectivity index (χ4n) is 4.82. The van der Waals surface area contributed by atoms with Crippen LogP contribution < -0.4 is 5.32 Å². The predicted molar refractivity (Wildman–Crippen MR) is 138 cm³/mol. The quantitative estimate of drug-likeness (QED) is 0.514. The van der Waals surface area contributed by atoms with Crippen molar-refractivity contribution in [2.45, 2.75) is 72.4 Å². The summed E-state index contributed by atoms with van der Waals surface area (Å²) in [5.41, 5.74) is 3.65. The maximum atomic E-state index is 13.3. The monoisotopic (exact) mass is 493 g/mol. The Morgan fingerprint density at radius 1 is 1.06 bits per heavy atom. The first-order valence-electron chi connectivity index (χ1n) is 12.4. The lowest BCUT2D eigenvalue weighted by Gasteiger charge is -2.29. The van der Waals surface area contributed by atoms with Gasteiger partial charge < -0.3 is 19.3 Å². The molecule has 0 spiro atoms. The number of pyridine rings is 1. The minimum atomic E-state index is -0.589. The number of ether oxygens (including phenoxy) is 1. The lowest BCUT2D eigenvalue weighted by molar-refractivity contribution is 0.0238. The molecule has 0 aliphatic carbocycles. The third kappa shape index (κ3) is 5.61. The van der Waals surface area contributed by atoms with Crippen LogP contribution in [0, 0.1) is 20.8 Å². The van der Waals surface area contributed by atoms with Crippen LogP contribution in [0.2, 0.25) is 0 Å². The number of phenols is 1. The maximum Gasteiger partial charge on any atom is 0.410 e. The van der Waals surface area contributed by atoms with E-state index in [9.17, 15) is 14.7 Å². The number of carbonyl (C=O) groups excluding carboxylic acids is 2. The number of phenolic OH excluding ortho intramolecular Hbond substituents is 1. The zero-order valence-electron chi connectivity index (χ0n) is 21.9. The van der Waals surface area contributed by atoms with E-state index >= 15 is 0 Å². The molecule has 9 nitrogen and oxygen atoms in total. The number of rotatable bonds is 3. The number of imidazole rings is 1. The van der Waals surface area contributed by atoms with E-state index in [-0.39, 0.29) is 23.8 Å². The summed E-state index contributed by atoms with van der Waals surface area (Å²) in [6.07, 6.45) is 2.24. The maximum absolute atomic E-state index is 13.3. The van der Waals surface area contributed by atoms with E-state index in [1.54, 1.807) is 29.2 Å². The normalized spacial score (nSPS) is 16.6. The minimum Gasteiger partial charge on any atom is -0.508 e. The molecule has 0 saturated carbocycles. The van der Waals surface area contributed by atoms with Gasteiger partial charge in [0, 0.05) is 36.1 Å². The molecule has 1 aromatic carbocycles. The average molecular weight is 494 g/mol. The lowest BCUT2D eigenvalue weighted by atomic mass is 10.1. The summed E-state index contributed by atoms with van der Waals surface area (Å²) < 4.78 is 7.66. The number of carbonyl (C=O) groups is 2. The van der Waals surface area contributed by atoms with Crippen molar-refractivity contribution in [2.75, 3.05) is 18.4 Å². The number of aromatic hydroxyl groups is 1. The average Bonchev–Trinajstić information content (AvgIpc) is 2.93. The van der Waals surface area contributed by atoms with E-state index < -0.39 is 5.60 Å². The second-order valence-corrected chi connectivity index (χ2v) is 10.6. The van der Waals surface area contributed by atoms with Crippen LogP contribution in [-0.2, 0) is 4.74 Å². The van der Waals surface area contributed by atoms with Crippen molar-refractivity contribution in [3.8, 4) is 5.75 Å². The van der Waals surface area contributed by atoms with Crippen molar-refractivity contribution in [1.82, 2.24) is 19.4 Å². The second-order valence-electron chi connectivity index (χ2n) is 10.6. The van der Waals surface area contributed by atoms with Crippen LogP contribution in [0.25, 0.3) is 11.0 Å². The number of benzene rings is 1. The van der Waals surface area contributed by atoms with E-state index in [2.05, 4.69) is 10.3 Å². The number of likely N-dealkylation sites (tertiary alicyclic amines) is 1. The van der Waals surface area contributed by atoms with E-state index in [4.69, 9.17) is 9.72 Å². The molecule has 2 amide bonds. The van der Waals surface area contributed by atoms with Gasteiger partial charge in [-0.05, 0) is 84.6 Å². The van der Waals surface area contributed by atoms with Gasteiger partial charge >= 0.3 is 6.09 Å². The molecule has 4 rings (SSSR count). The van der Waals surface area contributed by atoms with Gasteiger partial charge in [0.15, 0.2) is 0 Å². The smallest absolute Gasteiger partial charge is 0.410 e. The summed E-state index contributed by atoms with van der Waals surface area (Å²) in [5.74, 6) is 0.200. The summed E-state index contributed by atoms with van der Waals surface area (Å²) >= 11 is 0. The summed E-state index contributed by atoms with van der Waals surface area (Å²) in [7, 11) is 0. The molecule has 9 heteroatoms. The third-order valence-electron chi connectivity index (χ3n) is 6.19. The van der Waals surface area contributed by atoms with Crippen LogP contribution in [0.4, 0.5) is 10.7 Å². The Hall–Kier alpha value is -3.62. The van der Waals surface area contributed by atoms with Crippen LogP contribution in [0.1, 0.15) is 73.4 Å². The van der Waals surface area contributed by atoms with Crippen molar-refractivity contribution < 1.29 is 19.4 Å². The summed E-state index contributed by atoms with van der Waals surface area (Å²) in [4.78, 5) is 37.0. The molecule has 3 aromatic rings. The second kappa shape index (κ2) is 9.79. The van der Waals surface area contributed by atoms with E-state index in [0.717, 1.165) is 41.7 Å². The molecule has 0 radical (unpaired) electrons. The Labute approximate surface area is 211 Å². The molecular formula is C27H35N5O4.